The van der Waals surface area contributed by atoms with Crippen LogP contribution in [0, 0.1) is 12.7 Å². The second-order valence-electron chi connectivity index (χ2n) is 8.86. The SMILES string of the molecule is COC1CCC(CN(C)C(=O)c2ccccc2C=O)N(C(=O)c2nc(C)sc2-c2cccc(F)c2)C1. The van der Waals surface area contributed by atoms with Crippen LogP contribution in [-0.4, -0.2) is 72.3 Å². The number of hydrogen-bond acceptors (Lipinski definition) is 6. The molecule has 2 aromatic carbocycles. The number of methoxy groups -OCH3 is 1. The molecule has 0 N–H and O–H groups in total. The van der Waals surface area contributed by atoms with Crippen molar-refractivity contribution in [2.75, 3.05) is 27.2 Å². The molecule has 0 radical (unpaired) electrons. The number of rotatable bonds is 7. The summed E-state index contributed by atoms with van der Waals surface area (Å²) in [4.78, 5) is 46.8. The molecule has 2 atom stereocenters. The molecule has 1 aliphatic heterocycles. The van der Waals surface area contributed by atoms with Gasteiger partial charge in [-0.1, -0.05) is 30.3 Å². The van der Waals surface area contributed by atoms with Crippen LogP contribution < -0.4 is 0 Å². The van der Waals surface area contributed by atoms with Crippen molar-refractivity contribution in [1.29, 1.82) is 0 Å². The summed E-state index contributed by atoms with van der Waals surface area (Å²) in [7, 11) is 3.28. The zero-order chi connectivity index (χ0) is 25.8. The van der Waals surface area contributed by atoms with E-state index in [9.17, 15) is 18.8 Å². The highest BCUT2D eigenvalue weighted by Gasteiger charge is 2.36. The van der Waals surface area contributed by atoms with E-state index in [1.807, 2.05) is 6.92 Å². The molecule has 188 valence electrons. The second kappa shape index (κ2) is 11.1. The van der Waals surface area contributed by atoms with E-state index in [0.717, 1.165) is 6.42 Å². The standard InChI is InChI=1S/C27H28FN3O4S/c1-17-29-24(25(36-17)18-8-6-9-20(28)13-18)27(34)31-15-22(35-3)12-11-21(31)14-30(2)26(33)23-10-5-4-7-19(23)16-32/h4-10,13,16,21-22H,11-12,14-15H2,1-3H3. The Balaban J connectivity index is 1.62. The lowest BCUT2D eigenvalue weighted by Gasteiger charge is -2.40. The highest BCUT2D eigenvalue weighted by atomic mass is 32.1. The molecule has 0 bridgehead atoms. The molecular weight excluding hydrogens is 481 g/mol. The number of thiazole rings is 1. The van der Waals surface area contributed by atoms with Crippen LogP contribution in [0.25, 0.3) is 10.4 Å². The van der Waals surface area contributed by atoms with E-state index in [0.29, 0.717) is 45.8 Å². The third-order valence-corrected chi connectivity index (χ3v) is 7.45. The molecule has 2 heterocycles. The number of likely N-dealkylation sites (tertiary alicyclic amines) is 1. The van der Waals surface area contributed by atoms with Crippen molar-refractivity contribution in [3.63, 3.8) is 0 Å². The Hall–Kier alpha value is -3.43. The van der Waals surface area contributed by atoms with E-state index < -0.39 is 0 Å². The number of benzene rings is 2. The van der Waals surface area contributed by atoms with Gasteiger partial charge in [0.1, 0.15) is 11.5 Å². The number of carbonyl (C=O) groups is 3. The zero-order valence-electron chi connectivity index (χ0n) is 20.4. The Bertz CT molecular complexity index is 1280. The first-order chi connectivity index (χ1) is 17.3. The molecule has 2 unspecified atom stereocenters. The van der Waals surface area contributed by atoms with Gasteiger partial charge in [0, 0.05) is 38.9 Å². The molecule has 36 heavy (non-hydrogen) atoms. The fraction of sp³-hybridized carbons (Fsp3) is 0.333. The average Bonchev–Trinajstić information content (AvgIpc) is 3.29. The van der Waals surface area contributed by atoms with E-state index in [1.54, 1.807) is 60.4 Å². The maximum atomic E-state index is 13.9. The lowest BCUT2D eigenvalue weighted by molar-refractivity contribution is 0.00203. The summed E-state index contributed by atoms with van der Waals surface area (Å²) < 4.78 is 19.5. The van der Waals surface area contributed by atoms with Gasteiger partial charge in [0.05, 0.1) is 21.6 Å². The number of aromatic nitrogens is 1. The summed E-state index contributed by atoms with van der Waals surface area (Å²) in [6.07, 6.45) is 1.90. The van der Waals surface area contributed by atoms with Gasteiger partial charge in [-0.25, -0.2) is 9.37 Å². The predicted octanol–water partition coefficient (Wildman–Crippen LogP) is 4.46. The van der Waals surface area contributed by atoms with Gasteiger partial charge in [0.25, 0.3) is 11.8 Å². The molecule has 1 fully saturated rings. The summed E-state index contributed by atoms with van der Waals surface area (Å²) >= 11 is 1.34. The lowest BCUT2D eigenvalue weighted by Crippen LogP contribution is -2.53. The van der Waals surface area contributed by atoms with E-state index >= 15 is 0 Å². The van der Waals surface area contributed by atoms with Gasteiger partial charge in [0.15, 0.2) is 6.29 Å². The number of ether oxygens (including phenoxy) is 1. The summed E-state index contributed by atoms with van der Waals surface area (Å²) in [5.41, 5.74) is 1.51. The van der Waals surface area contributed by atoms with E-state index in [4.69, 9.17) is 4.74 Å². The molecule has 1 saturated heterocycles. The van der Waals surface area contributed by atoms with Crippen LogP contribution in [-0.2, 0) is 4.74 Å². The van der Waals surface area contributed by atoms with E-state index in [2.05, 4.69) is 4.98 Å². The predicted molar refractivity (Wildman–Crippen MR) is 136 cm³/mol. The molecule has 0 aliphatic carbocycles. The summed E-state index contributed by atoms with van der Waals surface area (Å²) in [6.45, 7) is 2.45. The number of hydrogen-bond donors (Lipinski definition) is 0. The molecule has 0 saturated carbocycles. The molecule has 9 heteroatoms. The fourth-order valence-electron chi connectivity index (χ4n) is 4.56. The number of amides is 2. The highest BCUT2D eigenvalue weighted by molar-refractivity contribution is 7.15. The minimum Gasteiger partial charge on any atom is -0.380 e. The van der Waals surface area contributed by atoms with Crippen LogP contribution >= 0.6 is 11.3 Å². The van der Waals surface area contributed by atoms with Crippen LogP contribution in [0.5, 0.6) is 0 Å². The Morgan fingerprint density at radius 3 is 2.72 bits per heavy atom. The first kappa shape index (κ1) is 25.7. The van der Waals surface area contributed by atoms with Crippen LogP contribution in [0.15, 0.2) is 48.5 Å². The van der Waals surface area contributed by atoms with Crippen LogP contribution in [0.3, 0.4) is 0 Å². The maximum Gasteiger partial charge on any atom is 0.274 e. The first-order valence-electron chi connectivity index (χ1n) is 11.7. The number of nitrogens with zero attached hydrogens (tertiary/aromatic N) is 3. The van der Waals surface area contributed by atoms with Crippen molar-refractivity contribution >= 4 is 29.4 Å². The minimum absolute atomic E-state index is 0.139. The summed E-state index contributed by atoms with van der Waals surface area (Å²) in [5, 5.41) is 0.701. The second-order valence-corrected chi connectivity index (χ2v) is 10.1. The molecule has 0 spiro atoms. The Morgan fingerprint density at radius 1 is 1.22 bits per heavy atom. The lowest BCUT2D eigenvalue weighted by atomic mass is 9.98. The third-order valence-electron chi connectivity index (χ3n) is 6.43. The van der Waals surface area contributed by atoms with Gasteiger partial charge >= 0.3 is 0 Å². The van der Waals surface area contributed by atoms with Crippen molar-refractivity contribution in [3.05, 3.63) is 76.2 Å². The van der Waals surface area contributed by atoms with Crippen LogP contribution in [0.1, 0.15) is 49.1 Å². The average molecular weight is 510 g/mol. The molecule has 1 aliphatic rings. The molecule has 4 rings (SSSR count). The van der Waals surface area contributed by atoms with Crippen molar-refractivity contribution in [1.82, 2.24) is 14.8 Å². The van der Waals surface area contributed by atoms with Gasteiger partial charge in [-0.2, -0.15) is 0 Å². The normalized spacial score (nSPS) is 17.6. The van der Waals surface area contributed by atoms with Crippen molar-refractivity contribution in [3.8, 4) is 10.4 Å². The number of halogens is 1. The topological polar surface area (TPSA) is 79.8 Å². The number of likely N-dealkylation sites (N-methyl/N-ethyl adjacent to an activating group) is 1. The Kier molecular flexibility index (Phi) is 7.91. The summed E-state index contributed by atoms with van der Waals surface area (Å²) in [6, 6.07) is 12.5. The Labute approximate surface area is 213 Å². The van der Waals surface area contributed by atoms with Gasteiger partial charge in [-0.3, -0.25) is 14.4 Å². The molecular formula is C27H28FN3O4S. The fourth-order valence-corrected chi connectivity index (χ4v) is 5.46. The van der Waals surface area contributed by atoms with Gasteiger partial charge in [-0.05, 0) is 43.5 Å². The van der Waals surface area contributed by atoms with Gasteiger partial charge < -0.3 is 14.5 Å². The van der Waals surface area contributed by atoms with E-state index in [1.165, 1.54) is 23.5 Å². The number of piperidine rings is 1. The first-order valence-corrected chi connectivity index (χ1v) is 12.5. The number of carbonyl (C=O) groups excluding carboxylic acids is 3. The molecule has 3 aromatic rings. The largest absolute Gasteiger partial charge is 0.380 e. The minimum atomic E-state index is -0.386. The Morgan fingerprint density at radius 2 is 2.00 bits per heavy atom. The van der Waals surface area contributed by atoms with Crippen LogP contribution in [0.4, 0.5) is 4.39 Å². The number of aldehydes is 1. The van der Waals surface area contributed by atoms with Gasteiger partial charge in [0.2, 0.25) is 0 Å². The molecule has 7 nitrogen and oxygen atoms in total. The highest BCUT2D eigenvalue weighted by Crippen LogP contribution is 2.33. The van der Waals surface area contributed by atoms with Crippen molar-refractivity contribution < 1.29 is 23.5 Å². The molecule has 2 amide bonds. The summed E-state index contributed by atoms with van der Waals surface area (Å²) in [5.74, 6) is -0.952. The maximum absolute atomic E-state index is 13.9. The third kappa shape index (κ3) is 5.37. The monoisotopic (exact) mass is 509 g/mol. The van der Waals surface area contributed by atoms with E-state index in [-0.39, 0.29) is 42.0 Å². The quantitative estimate of drug-likeness (QED) is 0.440. The smallest absolute Gasteiger partial charge is 0.274 e. The van der Waals surface area contributed by atoms with Crippen molar-refractivity contribution in [2.45, 2.75) is 31.9 Å². The van der Waals surface area contributed by atoms with Crippen LogP contribution in [0.2, 0.25) is 0 Å². The van der Waals surface area contributed by atoms with Gasteiger partial charge in [-0.15, -0.1) is 11.3 Å². The van der Waals surface area contributed by atoms with Crippen molar-refractivity contribution in [2.24, 2.45) is 0 Å². The molecule has 1 aromatic heterocycles. The number of aryl methyl sites for hydroxylation is 1. The zero-order valence-corrected chi connectivity index (χ0v) is 21.3.